The third kappa shape index (κ3) is 45.2. The highest BCUT2D eigenvalue weighted by Gasteiger charge is 2.13. The molecule has 0 aliphatic carbocycles. The molecule has 0 fully saturated rings. The van der Waals surface area contributed by atoms with E-state index in [1.807, 2.05) is 0 Å². The number of rotatable bonds is 45. The maximum Gasteiger partial charge on any atom is 0.306 e. The van der Waals surface area contributed by atoms with E-state index >= 15 is 0 Å². The van der Waals surface area contributed by atoms with E-state index in [2.05, 4.69) is 38.2 Å². The van der Waals surface area contributed by atoms with Crippen LogP contribution in [0.25, 0.3) is 0 Å². The molecule has 0 heterocycles. The Bertz CT molecular complexity index is 747. The SMILES string of the molecule is CCCCC/C=C\C/C=C\CCCCCCCC(=O)OC(CO)COCCCCCCCCCCCCCCCCCCCCCCCCCCCC. The third-order valence-electron chi connectivity index (χ3n) is 10.8. The minimum absolute atomic E-state index is 0.173. The Balaban J connectivity index is 3.35. The number of aliphatic hydroxyl groups excluding tert-OH is 1. The van der Waals surface area contributed by atoms with Crippen LogP contribution in [0, 0.1) is 0 Å². The van der Waals surface area contributed by atoms with Gasteiger partial charge in [-0.3, -0.25) is 4.79 Å². The third-order valence-corrected chi connectivity index (χ3v) is 10.8. The number of hydrogen-bond donors (Lipinski definition) is 1. The molecule has 0 amide bonds. The molecule has 0 aromatic carbocycles. The maximum absolute atomic E-state index is 12.2. The molecule has 0 rings (SSSR count). The van der Waals surface area contributed by atoms with Gasteiger partial charge in [-0.2, -0.15) is 0 Å². The second-order valence-electron chi connectivity index (χ2n) is 16.2. The lowest BCUT2D eigenvalue weighted by atomic mass is 10.0. The monoisotopic (exact) mass is 747 g/mol. The van der Waals surface area contributed by atoms with Crippen molar-refractivity contribution in [1.82, 2.24) is 0 Å². The van der Waals surface area contributed by atoms with E-state index in [-0.39, 0.29) is 12.6 Å². The van der Waals surface area contributed by atoms with Gasteiger partial charge in [-0.05, 0) is 44.9 Å². The lowest BCUT2D eigenvalue weighted by molar-refractivity contribution is -0.154. The average molecular weight is 747 g/mol. The molecule has 53 heavy (non-hydrogen) atoms. The number of esters is 1. The number of carbonyl (C=O) groups excluding carboxylic acids is 1. The Hall–Kier alpha value is -1.13. The topological polar surface area (TPSA) is 55.8 Å². The molecular formula is C49H94O4. The zero-order valence-corrected chi connectivity index (χ0v) is 36.1. The van der Waals surface area contributed by atoms with Gasteiger partial charge in [-0.25, -0.2) is 0 Å². The summed E-state index contributed by atoms with van der Waals surface area (Å²) in [5, 5.41) is 9.61. The van der Waals surface area contributed by atoms with E-state index in [0.717, 1.165) is 38.5 Å². The summed E-state index contributed by atoms with van der Waals surface area (Å²) in [6, 6.07) is 0. The Morgan fingerprint density at radius 3 is 1.21 bits per heavy atom. The molecule has 0 saturated carbocycles. The quantitative estimate of drug-likeness (QED) is 0.0383. The second-order valence-corrected chi connectivity index (χ2v) is 16.2. The van der Waals surface area contributed by atoms with Crippen LogP contribution in [-0.4, -0.2) is 37.0 Å². The number of aliphatic hydroxyl groups is 1. The van der Waals surface area contributed by atoms with Crippen LogP contribution in [0.15, 0.2) is 24.3 Å². The van der Waals surface area contributed by atoms with Gasteiger partial charge in [0, 0.05) is 13.0 Å². The summed E-state index contributed by atoms with van der Waals surface area (Å²) in [6.45, 7) is 5.35. The Labute approximate surface area is 332 Å². The van der Waals surface area contributed by atoms with E-state index in [1.165, 1.54) is 199 Å². The zero-order chi connectivity index (χ0) is 38.4. The molecule has 0 spiro atoms. The van der Waals surface area contributed by atoms with Crippen LogP contribution in [0.3, 0.4) is 0 Å². The summed E-state index contributed by atoms with van der Waals surface area (Å²) < 4.78 is 11.2. The minimum atomic E-state index is -0.537. The molecule has 4 nitrogen and oxygen atoms in total. The molecule has 314 valence electrons. The molecular weight excluding hydrogens is 653 g/mol. The van der Waals surface area contributed by atoms with Crippen LogP contribution < -0.4 is 0 Å². The predicted octanol–water partition coefficient (Wildman–Crippen LogP) is 15.9. The molecule has 1 unspecified atom stereocenters. The fraction of sp³-hybridized carbons (Fsp3) is 0.898. The molecule has 0 saturated heterocycles. The maximum atomic E-state index is 12.2. The second kappa shape index (κ2) is 47.0. The highest BCUT2D eigenvalue weighted by Crippen LogP contribution is 2.16. The van der Waals surface area contributed by atoms with Gasteiger partial charge < -0.3 is 14.6 Å². The van der Waals surface area contributed by atoms with E-state index in [9.17, 15) is 9.90 Å². The van der Waals surface area contributed by atoms with Crippen molar-refractivity contribution in [1.29, 1.82) is 0 Å². The van der Waals surface area contributed by atoms with Crippen molar-refractivity contribution in [2.75, 3.05) is 19.8 Å². The van der Waals surface area contributed by atoms with Crippen LogP contribution in [-0.2, 0) is 14.3 Å². The van der Waals surface area contributed by atoms with Crippen LogP contribution >= 0.6 is 0 Å². The van der Waals surface area contributed by atoms with Crippen molar-refractivity contribution < 1.29 is 19.4 Å². The molecule has 0 bridgehead atoms. The summed E-state index contributed by atoms with van der Waals surface area (Å²) in [5.74, 6) is -0.210. The molecule has 0 aromatic rings. The number of ether oxygens (including phenoxy) is 2. The number of hydrogen-bond acceptors (Lipinski definition) is 4. The molecule has 1 N–H and O–H groups in total. The van der Waals surface area contributed by atoms with Crippen molar-refractivity contribution in [3.05, 3.63) is 24.3 Å². The summed E-state index contributed by atoms with van der Waals surface area (Å²) in [4.78, 5) is 12.2. The number of allylic oxidation sites excluding steroid dienone is 4. The van der Waals surface area contributed by atoms with Gasteiger partial charge in [-0.15, -0.1) is 0 Å². The molecule has 0 aliphatic rings. The van der Waals surface area contributed by atoms with Crippen molar-refractivity contribution in [2.24, 2.45) is 0 Å². The lowest BCUT2D eigenvalue weighted by Crippen LogP contribution is -2.27. The van der Waals surface area contributed by atoms with Gasteiger partial charge >= 0.3 is 5.97 Å². The highest BCUT2D eigenvalue weighted by molar-refractivity contribution is 5.69. The van der Waals surface area contributed by atoms with E-state index in [0.29, 0.717) is 19.6 Å². The van der Waals surface area contributed by atoms with Gasteiger partial charge in [0.2, 0.25) is 0 Å². The van der Waals surface area contributed by atoms with Crippen molar-refractivity contribution >= 4 is 5.97 Å². The number of carbonyl (C=O) groups is 1. The largest absolute Gasteiger partial charge is 0.457 e. The van der Waals surface area contributed by atoms with Gasteiger partial charge in [0.25, 0.3) is 0 Å². The van der Waals surface area contributed by atoms with Crippen molar-refractivity contribution in [2.45, 2.75) is 264 Å². The minimum Gasteiger partial charge on any atom is -0.457 e. The van der Waals surface area contributed by atoms with Gasteiger partial charge in [0.05, 0.1) is 13.2 Å². The van der Waals surface area contributed by atoms with E-state index < -0.39 is 6.10 Å². The first kappa shape index (κ1) is 51.9. The average Bonchev–Trinajstić information content (AvgIpc) is 3.16. The van der Waals surface area contributed by atoms with Gasteiger partial charge in [0.15, 0.2) is 0 Å². The van der Waals surface area contributed by atoms with Crippen LogP contribution in [0.2, 0.25) is 0 Å². The first-order valence-electron chi connectivity index (χ1n) is 23.9. The van der Waals surface area contributed by atoms with Crippen LogP contribution in [0.4, 0.5) is 0 Å². The van der Waals surface area contributed by atoms with E-state index in [4.69, 9.17) is 9.47 Å². The molecule has 1 atom stereocenters. The number of unbranched alkanes of at least 4 members (excludes halogenated alkanes) is 33. The van der Waals surface area contributed by atoms with Crippen LogP contribution in [0.1, 0.15) is 258 Å². The standard InChI is InChI=1S/C49H94O4/c1-3-5-7-9-11-13-15-17-19-20-21-22-23-24-25-26-27-28-29-31-33-35-37-39-41-43-45-52-47-48(46-50)53-49(51)44-42-40-38-36-34-32-30-18-16-14-12-10-8-6-4-2/h12,14,18,30,48,50H,3-11,13,15-17,19-29,31-47H2,1-2H3/b14-12-,30-18-. The zero-order valence-electron chi connectivity index (χ0n) is 36.1. The summed E-state index contributed by atoms with van der Waals surface area (Å²) >= 11 is 0. The fourth-order valence-corrected chi connectivity index (χ4v) is 7.18. The highest BCUT2D eigenvalue weighted by atomic mass is 16.6. The van der Waals surface area contributed by atoms with Gasteiger partial charge in [-0.1, -0.05) is 231 Å². The summed E-state index contributed by atoms with van der Waals surface area (Å²) in [6.07, 6.45) is 58.4. The molecule has 0 aliphatic heterocycles. The smallest absolute Gasteiger partial charge is 0.306 e. The summed E-state index contributed by atoms with van der Waals surface area (Å²) in [5.41, 5.74) is 0. The van der Waals surface area contributed by atoms with Crippen LogP contribution in [0.5, 0.6) is 0 Å². The van der Waals surface area contributed by atoms with Crippen molar-refractivity contribution in [3.8, 4) is 0 Å². The molecule has 0 aromatic heterocycles. The Kier molecular flexibility index (Phi) is 46.0. The Morgan fingerprint density at radius 2 is 0.792 bits per heavy atom. The van der Waals surface area contributed by atoms with Gasteiger partial charge in [0.1, 0.15) is 6.10 Å². The normalized spacial score (nSPS) is 12.4. The first-order chi connectivity index (χ1) is 26.2. The summed E-state index contributed by atoms with van der Waals surface area (Å²) in [7, 11) is 0. The van der Waals surface area contributed by atoms with Crippen molar-refractivity contribution in [3.63, 3.8) is 0 Å². The molecule has 0 radical (unpaired) electrons. The lowest BCUT2D eigenvalue weighted by Gasteiger charge is -2.15. The molecule has 4 heteroatoms. The first-order valence-corrected chi connectivity index (χ1v) is 23.9. The Morgan fingerprint density at radius 1 is 0.453 bits per heavy atom. The fourth-order valence-electron chi connectivity index (χ4n) is 7.18. The van der Waals surface area contributed by atoms with E-state index in [1.54, 1.807) is 0 Å². The predicted molar refractivity (Wildman–Crippen MR) is 233 cm³/mol.